The van der Waals surface area contributed by atoms with Crippen LogP contribution in [0.2, 0.25) is 0 Å². The summed E-state index contributed by atoms with van der Waals surface area (Å²) in [7, 11) is 0. The number of aryl methyl sites for hydroxylation is 1. The third-order valence-electron chi connectivity index (χ3n) is 3.70. The topological polar surface area (TPSA) is 49.8 Å². The van der Waals surface area contributed by atoms with Crippen LogP contribution in [0, 0.1) is 6.92 Å². The maximum Gasteiger partial charge on any atom is 0.270 e. The minimum absolute atomic E-state index is 0.0382. The van der Waals surface area contributed by atoms with Gasteiger partial charge in [0.2, 0.25) is 0 Å². The lowest BCUT2D eigenvalue weighted by molar-refractivity contribution is -0.113. The van der Waals surface area contributed by atoms with Gasteiger partial charge in [0.1, 0.15) is 0 Å². The minimum atomic E-state index is -0.159. The van der Waals surface area contributed by atoms with E-state index in [0.29, 0.717) is 26.1 Å². The van der Waals surface area contributed by atoms with Crippen LogP contribution in [0.1, 0.15) is 18.1 Å². The smallest absolute Gasteiger partial charge is 0.270 e. The highest BCUT2D eigenvalue weighted by atomic mass is 79.9. The van der Waals surface area contributed by atoms with E-state index < -0.39 is 0 Å². The second-order valence-electron chi connectivity index (χ2n) is 5.64. The first kappa shape index (κ1) is 18.9. The largest absolute Gasteiger partial charge is 0.503 e. The SMILES string of the molecule is CCOc1cc(/C=C2\SC(=S)N(c3cccc(C)c3)C2=O)cc(Br)c1O. The Balaban J connectivity index is 1.96. The molecule has 0 radical (unpaired) electrons. The number of hydrogen-bond acceptors (Lipinski definition) is 5. The molecule has 0 aromatic heterocycles. The zero-order valence-corrected chi connectivity index (χ0v) is 17.4. The molecule has 1 fully saturated rings. The molecular weight excluding hydrogens is 434 g/mol. The molecule has 0 aliphatic carbocycles. The number of carbonyl (C=O) groups is 1. The van der Waals surface area contributed by atoms with Crippen LogP contribution in [-0.4, -0.2) is 21.9 Å². The van der Waals surface area contributed by atoms with E-state index in [1.807, 2.05) is 38.1 Å². The summed E-state index contributed by atoms with van der Waals surface area (Å²) in [4.78, 5) is 14.9. The predicted molar refractivity (Wildman–Crippen MR) is 114 cm³/mol. The first-order valence-corrected chi connectivity index (χ1v) is 9.92. The van der Waals surface area contributed by atoms with Crippen LogP contribution in [-0.2, 0) is 4.79 Å². The lowest BCUT2D eigenvalue weighted by Gasteiger charge is -2.14. The monoisotopic (exact) mass is 449 g/mol. The average molecular weight is 450 g/mol. The maximum absolute atomic E-state index is 12.9. The molecule has 0 saturated carbocycles. The molecule has 3 rings (SSSR count). The fourth-order valence-electron chi connectivity index (χ4n) is 2.55. The van der Waals surface area contributed by atoms with Crippen LogP contribution in [0.4, 0.5) is 5.69 Å². The second-order valence-corrected chi connectivity index (χ2v) is 8.17. The molecule has 26 heavy (non-hydrogen) atoms. The standard InChI is InChI=1S/C19H16BrNO3S2/c1-3-24-15-9-12(8-14(20)17(15)22)10-16-18(23)21(19(25)26-16)13-6-4-5-11(2)7-13/h4-10,22H,3H2,1-2H3/b16-10-. The Bertz CT molecular complexity index is 927. The Kier molecular flexibility index (Phi) is 5.70. The Morgan fingerprint density at radius 1 is 1.35 bits per heavy atom. The van der Waals surface area contributed by atoms with Gasteiger partial charge in [0.25, 0.3) is 5.91 Å². The fourth-order valence-corrected chi connectivity index (χ4v) is 4.31. The van der Waals surface area contributed by atoms with Crippen molar-refractivity contribution < 1.29 is 14.6 Å². The first-order valence-electron chi connectivity index (χ1n) is 7.90. The highest BCUT2D eigenvalue weighted by Gasteiger charge is 2.33. The van der Waals surface area contributed by atoms with Gasteiger partial charge in [-0.05, 0) is 71.2 Å². The third-order valence-corrected chi connectivity index (χ3v) is 5.61. The van der Waals surface area contributed by atoms with Crippen molar-refractivity contribution in [2.24, 2.45) is 0 Å². The van der Waals surface area contributed by atoms with Crippen molar-refractivity contribution in [2.75, 3.05) is 11.5 Å². The predicted octanol–water partition coefficient (Wildman–Crippen LogP) is 5.27. The summed E-state index contributed by atoms with van der Waals surface area (Å²) >= 11 is 9.97. The van der Waals surface area contributed by atoms with Crippen molar-refractivity contribution in [3.05, 3.63) is 56.9 Å². The lowest BCUT2D eigenvalue weighted by atomic mass is 10.1. The summed E-state index contributed by atoms with van der Waals surface area (Å²) < 4.78 is 6.44. The van der Waals surface area contributed by atoms with Gasteiger partial charge in [0.05, 0.1) is 21.7 Å². The van der Waals surface area contributed by atoms with Crippen molar-refractivity contribution in [3.8, 4) is 11.5 Å². The normalized spacial score (nSPS) is 15.8. The summed E-state index contributed by atoms with van der Waals surface area (Å²) in [5, 5.41) is 10.0. The Labute approximate surface area is 170 Å². The van der Waals surface area contributed by atoms with Gasteiger partial charge in [-0.25, -0.2) is 0 Å². The van der Waals surface area contributed by atoms with Crippen molar-refractivity contribution in [1.29, 1.82) is 0 Å². The van der Waals surface area contributed by atoms with Gasteiger partial charge in [-0.15, -0.1) is 0 Å². The van der Waals surface area contributed by atoms with Crippen LogP contribution < -0.4 is 9.64 Å². The number of hydrogen-bond donors (Lipinski definition) is 1. The summed E-state index contributed by atoms with van der Waals surface area (Å²) in [5.74, 6) is 0.242. The zero-order valence-electron chi connectivity index (χ0n) is 14.2. The van der Waals surface area contributed by atoms with Gasteiger partial charge in [-0.3, -0.25) is 9.69 Å². The summed E-state index contributed by atoms with van der Waals surface area (Å²) in [6.45, 7) is 4.24. The Morgan fingerprint density at radius 2 is 2.12 bits per heavy atom. The number of aromatic hydroxyl groups is 1. The number of thiocarbonyl (C=S) groups is 1. The number of nitrogens with zero attached hydrogens (tertiary/aromatic N) is 1. The number of ether oxygens (including phenoxy) is 1. The number of carbonyl (C=O) groups excluding carboxylic acids is 1. The van der Waals surface area contributed by atoms with Gasteiger partial charge in [-0.2, -0.15) is 0 Å². The second kappa shape index (κ2) is 7.82. The van der Waals surface area contributed by atoms with E-state index in [9.17, 15) is 9.90 Å². The number of anilines is 1. The number of phenols is 1. The number of halogens is 1. The maximum atomic E-state index is 12.9. The molecule has 1 saturated heterocycles. The minimum Gasteiger partial charge on any atom is -0.503 e. The van der Waals surface area contributed by atoms with Crippen molar-refractivity contribution in [1.82, 2.24) is 0 Å². The van der Waals surface area contributed by atoms with Crippen LogP contribution in [0.25, 0.3) is 6.08 Å². The van der Waals surface area contributed by atoms with Gasteiger partial charge in [-0.1, -0.05) is 36.1 Å². The van der Waals surface area contributed by atoms with E-state index in [0.717, 1.165) is 16.8 Å². The molecule has 2 aromatic rings. The van der Waals surface area contributed by atoms with Crippen LogP contribution in [0.5, 0.6) is 11.5 Å². The van der Waals surface area contributed by atoms with Crippen LogP contribution in [0.15, 0.2) is 45.8 Å². The Morgan fingerprint density at radius 3 is 2.81 bits per heavy atom. The first-order chi connectivity index (χ1) is 12.4. The summed E-state index contributed by atoms with van der Waals surface area (Å²) in [6, 6.07) is 11.1. The van der Waals surface area contributed by atoms with Crippen LogP contribution >= 0.6 is 39.9 Å². The lowest BCUT2D eigenvalue weighted by Crippen LogP contribution is -2.27. The van der Waals surface area contributed by atoms with Gasteiger partial charge in [0.15, 0.2) is 15.8 Å². The van der Waals surface area contributed by atoms with Crippen molar-refractivity contribution in [3.63, 3.8) is 0 Å². The molecular formula is C19H16BrNO3S2. The zero-order chi connectivity index (χ0) is 18.8. The van der Waals surface area contributed by atoms with Gasteiger partial charge < -0.3 is 9.84 Å². The molecule has 1 N–H and O–H groups in total. The molecule has 1 amide bonds. The number of rotatable bonds is 4. The molecule has 0 spiro atoms. The van der Waals surface area contributed by atoms with Gasteiger partial charge >= 0.3 is 0 Å². The molecule has 7 heteroatoms. The number of phenolic OH excluding ortho intramolecular Hbond substituents is 1. The molecule has 0 bridgehead atoms. The molecule has 134 valence electrons. The highest BCUT2D eigenvalue weighted by molar-refractivity contribution is 9.10. The molecule has 1 aliphatic heterocycles. The van der Waals surface area contributed by atoms with E-state index >= 15 is 0 Å². The van der Waals surface area contributed by atoms with Gasteiger partial charge in [0, 0.05) is 0 Å². The molecule has 0 atom stereocenters. The van der Waals surface area contributed by atoms with Crippen molar-refractivity contribution >= 4 is 61.9 Å². The van der Waals surface area contributed by atoms with E-state index in [2.05, 4.69) is 15.9 Å². The average Bonchev–Trinajstić information content (AvgIpc) is 2.86. The third kappa shape index (κ3) is 3.79. The molecule has 1 aliphatic rings. The molecule has 2 aromatic carbocycles. The van der Waals surface area contributed by atoms with Crippen LogP contribution in [0.3, 0.4) is 0 Å². The number of amides is 1. The number of benzene rings is 2. The molecule has 4 nitrogen and oxygen atoms in total. The van der Waals surface area contributed by atoms with E-state index in [-0.39, 0.29) is 11.7 Å². The van der Waals surface area contributed by atoms with Crippen molar-refractivity contribution in [2.45, 2.75) is 13.8 Å². The summed E-state index contributed by atoms with van der Waals surface area (Å²) in [6.07, 6.45) is 1.75. The fraction of sp³-hybridized carbons (Fsp3) is 0.158. The summed E-state index contributed by atoms with van der Waals surface area (Å²) in [5.41, 5.74) is 2.56. The van der Waals surface area contributed by atoms with E-state index in [1.165, 1.54) is 16.7 Å². The quantitative estimate of drug-likeness (QED) is 0.508. The van der Waals surface area contributed by atoms with E-state index in [4.69, 9.17) is 17.0 Å². The molecule has 1 heterocycles. The number of thioether (sulfide) groups is 1. The van der Waals surface area contributed by atoms with E-state index in [1.54, 1.807) is 18.2 Å². The highest BCUT2D eigenvalue weighted by Crippen LogP contribution is 2.39. The Hall–Kier alpha value is -1.83. The molecule has 0 unspecified atom stereocenters.